The molecule has 0 aromatic carbocycles. The van der Waals surface area contributed by atoms with Crippen molar-refractivity contribution in [2.45, 2.75) is 24.0 Å². The Morgan fingerprint density at radius 1 is 1.36 bits per heavy atom. The summed E-state index contributed by atoms with van der Waals surface area (Å²) in [6, 6.07) is 0.229. The quantitative estimate of drug-likeness (QED) is 0.368. The van der Waals surface area contributed by atoms with Crippen LogP contribution < -0.4 is 21.5 Å². The zero-order valence-corrected chi connectivity index (χ0v) is 13.8. The Morgan fingerprint density at radius 3 is 2.72 bits per heavy atom. The molecule has 12 heteroatoms. The zero-order chi connectivity index (χ0) is 17.8. The molecule has 1 fully saturated rings. The summed E-state index contributed by atoms with van der Waals surface area (Å²) in [6.45, 7) is 0. The van der Waals surface area contributed by atoms with Crippen molar-refractivity contribution in [2.24, 2.45) is 0 Å². The van der Waals surface area contributed by atoms with E-state index in [1.54, 1.807) is 0 Å². The molecule has 1 aliphatic rings. The molecule has 0 radical (unpaired) electrons. The van der Waals surface area contributed by atoms with Gasteiger partial charge in [-0.2, -0.15) is 4.98 Å². The summed E-state index contributed by atoms with van der Waals surface area (Å²) in [5, 5.41) is 13.9. The topological polar surface area (TPSA) is 160 Å². The molecule has 0 unspecified atom stereocenters. The van der Waals surface area contributed by atoms with Gasteiger partial charge in [0.2, 0.25) is 21.4 Å². The number of H-pyrrole nitrogens is 2. The smallest absolute Gasteiger partial charge is 0.420 e. The van der Waals surface area contributed by atoms with E-state index in [1.165, 1.54) is 16.8 Å². The number of hydrogen-bond acceptors (Lipinski definition) is 7. The van der Waals surface area contributed by atoms with Crippen LogP contribution in [0, 0.1) is 0 Å². The number of aromatic hydroxyl groups is 1. The predicted molar refractivity (Wildman–Crippen MR) is 82.9 cm³/mol. The molecule has 3 aromatic rings. The van der Waals surface area contributed by atoms with Crippen LogP contribution in [0.15, 0.2) is 16.1 Å². The van der Waals surface area contributed by atoms with E-state index in [2.05, 4.69) is 30.0 Å². The minimum absolute atomic E-state index is 0.135. The van der Waals surface area contributed by atoms with Crippen LogP contribution in [0.5, 0.6) is 5.88 Å². The summed E-state index contributed by atoms with van der Waals surface area (Å²) < 4.78 is 25.2. The molecule has 3 heterocycles. The van der Waals surface area contributed by atoms with Gasteiger partial charge in [0.25, 0.3) is 0 Å². The van der Waals surface area contributed by atoms with E-state index in [4.69, 9.17) is 0 Å². The molecule has 4 N–H and O–H groups in total. The first-order valence-electron chi connectivity index (χ1n) is 7.39. The Bertz CT molecular complexity index is 1260. The zero-order valence-electron chi connectivity index (χ0n) is 13.0. The second kappa shape index (κ2) is 5.24. The van der Waals surface area contributed by atoms with E-state index in [0.29, 0.717) is 5.22 Å². The van der Waals surface area contributed by atoms with Crippen LogP contribution in [-0.4, -0.2) is 55.4 Å². The monoisotopic (exact) mass is 364 g/mol. The molecule has 11 nitrogen and oxygen atoms in total. The summed E-state index contributed by atoms with van der Waals surface area (Å²) in [4.78, 5) is 27.1. The number of nitrogens with zero attached hydrogens (tertiary/aromatic N) is 4. The fourth-order valence-electron chi connectivity index (χ4n) is 2.29. The third kappa shape index (κ3) is 2.91. The van der Waals surface area contributed by atoms with Gasteiger partial charge in [0.15, 0.2) is 0 Å². The van der Waals surface area contributed by atoms with Crippen LogP contribution in [0.25, 0.3) is 11.7 Å². The van der Waals surface area contributed by atoms with Crippen molar-refractivity contribution in [1.82, 2.24) is 29.5 Å². The largest absolute Gasteiger partial charge is 0.493 e. The SMILES string of the molecule is CS(=O)(=O)c1nc(=[NH+]C2CC2)n2ncc(=Cc3[nH]c(=O)[nH]c3O)c2n1. The first kappa shape index (κ1) is 15.5. The standard InChI is InChI=1S/C13H13N7O4S/c1-25(23,24)13-17-9-6(4-8-10(21)18-12(22)16-8)5-14-20(9)11(19-13)15-7-2-3-7/h4-5,7,21H,2-3H2,1H3,(H2,16,18,22)/p+1. The number of aromatic amines is 2. The lowest BCUT2D eigenvalue weighted by molar-refractivity contribution is -0.523. The average molecular weight is 364 g/mol. The lowest BCUT2D eigenvalue weighted by Crippen LogP contribution is -2.80. The average Bonchev–Trinajstić information content (AvgIpc) is 3.15. The van der Waals surface area contributed by atoms with Gasteiger partial charge in [-0.25, -0.2) is 13.2 Å². The lowest BCUT2D eigenvalue weighted by atomic mass is 10.3. The number of hydrogen-bond donors (Lipinski definition) is 4. The third-order valence-electron chi connectivity index (χ3n) is 3.65. The van der Waals surface area contributed by atoms with Gasteiger partial charge in [0, 0.05) is 6.26 Å². The second-order valence-electron chi connectivity index (χ2n) is 5.84. The highest BCUT2D eigenvalue weighted by Crippen LogP contribution is 2.12. The molecule has 0 amide bonds. The molecule has 0 atom stereocenters. The number of fused-ring (bicyclic) bond motifs is 1. The predicted octanol–water partition coefficient (Wildman–Crippen LogP) is -4.06. The molecule has 0 aliphatic heterocycles. The highest BCUT2D eigenvalue weighted by atomic mass is 32.2. The lowest BCUT2D eigenvalue weighted by Gasteiger charge is -1.93. The molecule has 1 aliphatic carbocycles. The molecular formula is C13H14N7O4S+. The van der Waals surface area contributed by atoms with E-state index in [0.717, 1.165) is 19.1 Å². The van der Waals surface area contributed by atoms with E-state index < -0.39 is 15.5 Å². The Kier molecular flexibility index (Phi) is 3.25. The number of nitrogens with one attached hydrogen (secondary N) is 3. The molecule has 25 heavy (non-hydrogen) atoms. The molecule has 4 rings (SSSR count). The van der Waals surface area contributed by atoms with Crippen molar-refractivity contribution in [1.29, 1.82) is 0 Å². The van der Waals surface area contributed by atoms with Gasteiger partial charge in [0.1, 0.15) is 5.69 Å². The van der Waals surface area contributed by atoms with Gasteiger partial charge < -0.3 is 10.1 Å². The first-order valence-corrected chi connectivity index (χ1v) is 9.29. The van der Waals surface area contributed by atoms with Gasteiger partial charge >= 0.3 is 16.5 Å². The maximum absolute atomic E-state index is 11.9. The van der Waals surface area contributed by atoms with Gasteiger partial charge in [-0.3, -0.25) is 9.98 Å². The van der Waals surface area contributed by atoms with Crippen LogP contribution in [0.4, 0.5) is 0 Å². The summed E-state index contributed by atoms with van der Waals surface area (Å²) >= 11 is 0. The van der Waals surface area contributed by atoms with Crippen LogP contribution in [-0.2, 0) is 9.84 Å². The highest BCUT2D eigenvalue weighted by Gasteiger charge is 2.26. The highest BCUT2D eigenvalue weighted by molar-refractivity contribution is 7.90. The van der Waals surface area contributed by atoms with Crippen molar-refractivity contribution in [3.05, 3.63) is 33.2 Å². The number of sulfone groups is 1. The Balaban J connectivity index is 2.05. The number of rotatable bonds is 3. The maximum Gasteiger partial charge on any atom is 0.420 e. The normalized spacial score (nSPS) is 16.8. The third-order valence-corrected chi connectivity index (χ3v) is 4.50. The molecule has 0 bridgehead atoms. The summed E-state index contributed by atoms with van der Waals surface area (Å²) in [5.74, 6) is -0.335. The minimum Gasteiger partial charge on any atom is -0.493 e. The van der Waals surface area contributed by atoms with Crippen LogP contribution in [0.2, 0.25) is 0 Å². The molecule has 130 valence electrons. The summed E-state index contributed by atoms with van der Waals surface area (Å²) in [7, 11) is -3.63. The maximum atomic E-state index is 11.9. The molecule has 1 saturated carbocycles. The molecule has 3 aromatic heterocycles. The number of imidazole rings is 1. The molecule has 0 saturated heterocycles. The van der Waals surface area contributed by atoms with Crippen molar-refractivity contribution < 1.29 is 18.5 Å². The van der Waals surface area contributed by atoms with Crippen molar-refractivity contribution in [2.75, 3.05) is 6.26 Å². The van der Waals surface area contributed by atoms with Crippen LogP contribution in [0.3, 0.4) is 0 Å². The fourth-order valence-corrected chi connectivity index (χ4v) is 2.80. The first-order chi connectivity index (χ1) is 11.8. The Labute approximate surface area is 139 Å². The van der Waals surface area contributed by atoms with Gasteiger partial charge in [0.05, 0.1) is 17.5 Å². The van der Waals surface area contributed by atoms with Crippen molar-refractivity contribution >= 4 is 21.6 Å². The van der Waals surface area contributed by atoms with Crippen molar-refractivity contribution in [3.8, 4) is 5.88 Å². The van der Waals surface area contributed by atoms with E-state index >= 15 is 0 Å². The van der Waals surface area contributed by atoms with Gasteiger partial charge in [-0.05, 0) is 23.9 Å². The van der Waals surface area contributed by atoms with E-state index in [9.17, 15) is 18.3 Å². The van der Waals surface area contributed by atoms with Crippen LogP contribution >= 0.6 is 0 Å². The minimum atomic E-state index is -3.63. The Hall–Kier alpha value is -3.02. The van der Waals surface area contributed by atoms with E-state index in [-0.39, 0.29) is 34.0 Å². The Morgan fingerprint density at radius 2 is 2.12 bits per heavy atom. The molecular weight excluding hydrogens is 350 g/mol. The summed E-state index contributed by atoms with van der Waals surface area (Å²) in [5.41, 5.74) is 0.0817. The summed E-state index contributed by atoms with van der Waals surface area (Å²) in [6.07, 6.45) is 5.85. The van der Waals surface area contributed by atoms with Crippen molar-refractivity contribution in [3.63, 3.8) is 0 Å². The van der Waals surface area contributed by atoms with Gasteiger partial charge in [-0.15, -0.1) is 5.10 Å². The molecule has 0 spiro atoms. The fraction of sp³-hybridized carbons (Fsp3) is 0.308. The number of aromatic nitrogens is 6. The van der Waals surface area contributed by atoms with E-state index in [1.807, 2.05) is 0 Å². The van der Waals surface area contributed by atoms with Crippen LogP contribution in [0.1, 0.15) is 18.5 Å². The van der Waals surface area contributed by atoms with Gasteiger partial charge in [-0.1, -0.05) is 4.52 Å². The second-order valence-corrected chi connectivity index (χ2v) is 7.75.